The van der Waals surface area contributed by atoms with Crippen LogP contribution in [-0.2, 0) is 6.54 Å². The second kappa shape index (κ2) is 5.74. The van der Waals surface area contributed by atoms with Crippen LogP contribution in [0.4, 0.5) is 0 Å². The first kappa shape index (κ1) is 12.0. The normalized spacial score (nSPS) is 24.9. The molecule has 0 spiro atoms. The predicted octanol–water partition coefficient (Wildman–Crippen LogP) is 3.37. The van der Waals surface area contributed by atoms with Crippen LogP contribution in [0.25, 0.3) is 0 Å². The van der Waals surface area contributed by atoms with Crippen molar-refractivity contribution in [3.05, 3.63) is 35.4 Å². The van der Waals surface area contributed by atoms with E-state index >= 15 is 0 Å². The van der Waals surface area contributed by atoms with Crippen LogP contribution in [0.2, 0.25) is 0 Å². The Morgan fingerprint density at radius 1 is 1.38 bits per heavy atom. The second-order valence-electron chi connectivity index (χ2n) is 4.68. The standard InChI is InChI=1S/C14H21NS/c1-11-5-3-6-12(9-11)10-15-13-7-4-8-14(13)16-2/h3,5-6,9,13-15H,4,7-8,10H2,1-2H3. The van der Waals surface area contributed by atoms with Crippen molar-refractivity contribution in [2.45, 2.75) is 44.0 Å². The van der Waals surface area contributed by atoms with Gasteiger partial charge in [0.25, 0.3) is 0 Å². The molecule has 1 aromatic carbocycles. The molecule has 2 unspecified atom stereocenters. The molecule has 0 saturated heterocycles. The summed E-state index contributed by atoms with van der Waals surface area (Å²) in [7, 11) is 0. The van der Waals surface area contributed by atoms with Gasteiger partial charge in [-0.05, 0) is 31.6 Å². The molecular formula is C14H21NS. The fourth-order valence-electron chi connectivity index (χ4n) is 2.51. The lowest BCUT2D eigenvalue weighted by Gasteiger charge is -2.19. The molecule has 0 aromatic heterocycles. The van der Waals surface area contributed by atoms with Crippen LogP contribution in [0.3, 0.4) is 0 Å². The first-order valence-corrected chi connectivity index (χ1v) is 7.40. The van der Waals surface area contributed by atoms with Gasteiger partial charge in [-0.3, -0.25) is 0 Å². The summed E-state index contributed by atoms with van der Waals surface area (Å²) in [6, 6.07) is 9.51. The molecular weight excluding hydrogens is 214 g/mol. The van der Waals surface area contributed by atoms with Crippen molar-refractivity contribution in [2.75, 3.05) is 6.26 Å². The molecule has 2 atom stereocenters. The third kappa shape index (κ3) is 3.02. The third-order valence-electron chi connectivity index (χ3n) is 3.41. The first-order chi connectivity index (χ1) is 7.79. The van der Waals surface area contributed by atoms with E-state index in [2.05, 4.69) is 42.8 Å². The molecule has 0 amide bonds. The van der Waals surface area contributed by atoms with Gasteiger partial charge in [0.1, 0.15) is 0 Å². The van der Waals surface area contributed by atoms with E-state index in [1.807, 2.05) is 11.8 Å². The molecule has 16 heavy (non-hydrogen) atoms. The summed E-state index contributed by atoms with van der Waals surface area (Å²) in [6.07, 6.45) is 6.35. The van der Waals surface area contributed by atoms with E-state index in [4.69, 9.17) is 0 Å². The van der Waals surface area contributed by atoms with Crippen LogP contribution in [0.1, 0.15) is 30.4 Å². The lowest BCUT2D eigenvalue weighted by atomic mass is 10.1. The molecule has 0 aliphatic heterocycles. The van der Waals surface area contributed by atoms with Gasteiger partial charge in [0.2, 0.25) is 0 Å². The van der Waals surface area contributed by atoms with E-state index < -0.39 is 0 Å². The number of rotatable bonds is 4. The Hall–Kier alpha value is -0.470. The number of benzene rings is 1. The molecule has 2 rings (SSSR count). The Balaban J connectivity index is 1.87. The maximum absolute atomic E-state index is 3.71. The highest BCUT2D eigenvalue weighted by molar-refractivity contribution is 7.99. The molecule has 1 aliphatic rings. The molecule has 0 heterocycles. The summed E-state index contributed by atoms with van der Waals surface area (Å²) in [5.41, 5.74) is 2.76. The maximum Gasteiger partial charge on any atom is 0.0208 e. The van der Waals surface area contributed by atoms with Gasteiger partial charge in [-0.25, -0.2) is 0 Å². The Kier molecular flexibility index (Phi) is 4.30. The average molecular weight is 235 g/mol. The predicted molar refractivity (Wildman–Crippen MR) is 73.0 cm³/mol. The monoisotopic (exact) mass is 235 g/mol. The fourth-order valence-corrected chi connectivity index (χ4v) is 3.48. The van der Waals surface area contributed by atoms with Crippen molar-refractivity contribution in [1.29, 1.82) is 0 Å². The van der Waals surface area contributed by atoms with Gasteiger partial charge in [-0.2, -0.15) is 11.8 Å². The highest BCUT2D eigenvalue weighted by atomic mass is 32.2. The van der Waals surface area contributed by atoms with Crippen LogP contribution in [-0.4, -0.2) is 17.5 Å². The summed E-state index contributed by atoms with van der Waals surface area (Å²) in [5.74, 6) is 0. The summed E-state index contributed by atoms with van der Waals surface area (Å²) in [6.45, 7) is 3.17. The topological polar surface area (TPSA) is 12.0 Å². The van der Waals surface area contributed by atoms with Crippen molar-refractivity contribution in [2.24, 2.45) is 0 Å². The minimum atomic E-state index is 0.718. The largest absolute Gasteiger partial charge is 0.309 e. The van der Waals surface area contributed by atoms with Gasteiger partial charge < -0.3 is 5.32 Å². The van der Waals surface area contributed by atoms with Crippen LogP contribution < -0.4 is 5.32 Å². The van der Waals surface area contributed by atoms with Crippen molar-refractivity contribution in [1.82, 2.24) is 5.32 Å². The van der Waals surface area contributed by atoms with Gasteiger partial charge in [-0.1, -0.05) is 36.2 Å². The Morgan fingerprint density at radius 3 is 3.00 bits per heavy atom. The number of nitrogens with one attached hydrogen (secondary N) is 1. The quantitative estimate of drug-likeness (QED) is 0.859. The van der Waals surface area contributed by atoms with Crippen LogP contribution in [0.5, 0.6) is 0 Å². The molecule has 0 bridgehead atoms. The highest BCUT2D eigenvalue weighted by Crippen LogP contribution is 2.28. The zero-order valence-corrected chi connectivity index (χ0v) is 11.0. The van der Waals surface area contributed by atoms with Gasteiger partial charge in [-0.15, -0.1) is 0 Å². The van der Waals surface area contributed by atoms with E-state index in [0.717, 1.165) is 17.8 Å². The van der Waals surface area contributed by atoms with Crippen molar-refractivity contribution >= 4 is 11.8 Å². The molecule has 2 heteroatoms. The lowest BCUT2D eigenvalue weighted by Crippen LogP contribution is -2.33. The zero-order valence-electron chi connectivity index (χ0n) is 10.2. The van der Waals surface area contributed by atoms with Crippen molar-refractivity contribution in [3.63, 3.8) is 0 Å². The third-order valence-corrected chi connectivity index (χ3v) is 4.58. The van der Waals surface area contributed by atoms with Gasteiger partial charge >= 0.3 is 0 Å². The average Bonchev–Trinajstić information content (AvgIpc) is 2.74. The highest BCUT2D eigenvalue weighted by Gasteiger charge is 2.25. The summed E-state index contributed by atoms with van der Waals surface area (Å²) < 4.78 is 0. The maximum atomic E-state index is 3.71. The molecule has 0 radical (unpaired) electrons. The van der Waals surface area contributed by atoms with Crippen LogP contribution >= 0.6 is 11.8 Å². The van der Waals surface area contributed by atoms with Gasteiger partial charge in [0.15, 0.2) is 0 Å². The second-order valence-corrected chi connectivity index (χ2v) is 5.76. The summed E-state index contributed by atoms with van der Waals surface area (Å²) in [4.78, 5) is 0. The molecule has 1 N–H and O–H groups in total. The van der Waals surface area contributed by atoms with E-state index in [1.54, 1.807) is 0 Å². The van der Waals surface area contributed by atoms with E-state index in [0.29, 0.717) is 0 Å². The minimum absolute atomic E-state index is 0.718. The van der Waals surface area contributed by atoms with Crippen LogP contribution in [0.15, 0.2) is 24.3 Å². The Morgan fingerprint density at radius 2 is 2.25 bits per heavy atom. The zero-order chi connectivity index (χ0) is 11.4. The van der Waals surface area contributed by atoms with E-state index in [-0.39, 0.29) is 0 Å². The van der Waals surface area contributed by atoms with Gasteiger partial charge in [0.05, 0.1) is 0 Å². The van der Waals surface area contributed by atoms with Crippen LogP contribution in [0, 0.1) is 6.92 Å². The first-order valence-electron chi connectivity index (χ1n) is 6.11. The lowest BCUT2D eigenvalue weighted by molar-refractivity contribution is 0.532. The van der Waals surface area contributed by atoms with E-state index in [9.17, 15) is 0 Å². The number of hydrogen-bond donors (Lipinski definition) is 1. The van der Waals surface area contributed by atoms with E-state index in [1.165, 1.54) is 30.4 Å². The SMILES string of the molecule is CSC1CCCC1NCc1cccc(C)c1. The van der Waals surface area contributed by atoms with Gasteiger partial charge in [0, 0.05) is 17.8 Å². The molecule has 1 nitrogen and oxygen atoms in total. The number of thioether (sulfide) groups is 1. The Bertz CT molecular complexity index is 337. The van der Waals surface area contributed by atoms with Crippen molar-refractivity contribution in [3.8, 4) is 0 Å². The van der Waals surface area contributed by atoms with Crippen molar-refractivity contribution < 1.29 is 0 Å². The number of hydrogen-bond acceptors (Lipinski definition) is 2. The molecule has 1 aromatic rings. The minimum Gasteiger partial charge on any atom is -0.309 e. The molecule has 1 saturated carbocycles. The molecule has 88 valence electrons. The molecule has 1 aliphatic carbocycles. The summed E-state index contributed by atoms with van der Waals surface area (Å²) in [5, 5.41) is 4.53. The number of aryl methyl sites for hydroxylation is 1. The summed E-state index contributed by atoms with van der Waals surface area (Å²) >= 11 is 2.02. The molecule has 1 fully saturated rings. The Labute approximate surface area is 103 Å². The smallest absolute Gasteiger partial charge is 0.0208 e. The fraction of sp³-hybridized carbons (Fsp3) is 0.571.